The Morgan fingerprint density at radius 2 is 2.00 bits per heavy atom. The lowest BCUT2D eigenvalue weighted by atomic mass is 10.1. The highest BCUT2D eigenvalue weighted by atomic mass is 16.6. The lowest BCUT2D eigenvalue weighted by Gasteiger charge is -2.12. The first-order valence-corrected chi connectivity index (χ1v) is 7.91. The zero-order valence-electron chi connectivity index (χ0n) is 13.9. The number of hydrogen-bond acceptors (Lipinski definition) is 6. The lowest BCUT2D eigenvalue weighted by molar-refractivity contribution is -0.385. The first-order valence-electron chi connectivity index (χ1n) is 7.91. The van der Waals surface area contributed by atoms with Crippen LogP contribution in [0.3, 0.4) is 0 Å². The maximum Gasteiger partial charge on any atom is 0.372 e. The van der Waals surface area contributed by atoms with Gasteiger partial charge in [0.05, 0.1) is 11.5 Å². The highest BCUT2D eigenvalue weighted by Crippen LogP contribution is 2.32. The van der Waals surface area contributed by atoms with E-state index >= 15 is 0 Å². The number of hydrogen-bond donors (Lipinski definition) is 1. The molecule has 0 aliphatic heterocycles. The maximum atomic E-state index is 11.4. The van der Waals surface area contributed by atoms with Gasteiger partial charge in [-0.05, 0) is 25.2 Å². The fraction of sp³-hybridized carbons (Fsp3) is 0.733. The molecule has 0 unspecified atom stereocenters. The fourth-order valence-electron chi connectivity index (χ4n) is 1.88. The summed E-state index contributed by atoms with van der Waals surface area (Å²) < 4.78 is 5.47. The molecule has 0 saturated carbocycles. The van der Waals surface area contributed by atoms with Gasteiger partial charge in [0.1, 0.15) is 5.82 Å². The Kier molecular flexibility index (Phi) is 7.56. The van der Waals surface area contributed by atoms with Crippen molar-refractivity contribution in [1.82, 2.24) is 9.97 Å². The molecule has 1 aromatic heterocycles. The van der Waals surface area contributed by atoms with Gasteiger partial charge in [0.15, 0.2) is 0 Å². The molecule has 0 saturated heterocycles. The molecule has 0 aliphatic carbocycles. The van der Waals surface area contributed by atoms with Crippen LogP contribution in [0.15, 0.2) is 0 Å². The summed E-state index contributed by atoms with van der Waals surface area (Å²) in [5, 5.41) is 14.4. The summed E-state index contributed by atoms with van der Waals surface area (Å²) in [5.41, 5.74) is -0.169. The van der Waals surface area contributed by atoms with Crippen molar-refractivity contribution in [2.75, 3.05) is 18.5 Å². The topological polar surface area (TPSA) is 90.2 Å². The minimum absolute atomic E-state index is 0.0670. The molecule has 7 heteroatoms. The van der Waals surface area contributed by atoms with Gasteiger partial charge in [-0.15, -0.1) is 0 Å². The first-order chi connectivity index (χ1) is 10.5. The van der Waals surface area contributed by atoms with Gasteiger partial charge in [-0.1, -0.05) is 27.7 Å². The van der Waals surface area contributed by atoms with Crippen LogP contribution in [0.4, 0.5) is 11.5 Å². The van der Waals surface area contributed by atoms with E-state index in [0.29, 0.717) is 31.3 Å². The van der Waals surface area contributed by atoms with Gasteiger partial charge in [0.25, 0.3) is 5.88 Å². The van der Waals surface area contributed by atoms with E-state index in [1.165, 1.54) is 0 Å². The predicted octanol–water partition coefficient (Wildman–Crippen LogP) is 3.58. The molecule has 7 nitrogen and oxygen atoms in total. The van der Waals surface area contributed by atoms with Crippen molar-refractivity contribution in [3.8, 4) is 5.88 Å². The number of ether oxygens (including phenoxy) is 1. The second-order valence-corrected chi connectivity index (χ2v) is 5.61. The molecule has 1 rings (SSSR count). The monoisotopic (exact) mass is 310 g/mol. The van der Waals surface area contributed by atoms with Crippen LogP contribution < -0.4 is 10.1 Å². The molecular formula is C15H26N4O3. The van der Waals surface area contributed by atoms with Crippen LogP contribution in [0.25, 0.3) is 0 Å². The Bertz CT molecular complexity index is 492. The molecule has 0 aliphatic rings. The second-order valence-electron chi connectivity index (χ2n) is 5.61. The molecule has 0 aromatic carbocycles. The number of nitro groups is 1. The molecule has 0 spiro atoms. The predicted molar refractivity (Wildman–Crippen MR) is 86.4 cm³/mol. The van der Waals surface area contributed by atoms with E-state index in [2.05, 4.69) is 29.1 Å². The van der Waals surface area contributed by atoms with Gasteiger partial charge in [0.2, 0.25) is 5.82 Å². The number of aromatic nitrogens is 2. The molecule has 0 radical (unpaired) electrons. The summed E-state index contributed by atoms with van der Waals surface area (Å²) in [4.78, 5) is 19.4. The van der Waals surface area contributed by atoms with E-state index < -0.39 is 4.92 Å². The van der Waals surface area contributed by atoms with E-state index in [-0.39, 0.29) is 17.4 Å². The molecule has 1 aromatic rings. The van der Waals surface area contributed by atoms with Crippen LogP contribution in [0.2, 0.25) is 0 Å². The third-order valence-electron chi connectivity index (χ3n) is 3.01. The van der Waals surface area contributed by atoms with Crippen LogP contribution >= 0.6 is 0 Å². The van der Waals surface area contributed by atoms with Gasteiger partial charge in [-0.25, -0.2) is 4.98 Å². The van der Waals surface area contributed by atoms with Gasteiger partial charge in [0, 0.05) is 13.0 Å². The van der Waals surface area contributed by atoms with Crippen molar-refractivity contribution < 1.29 is 9.66 Å². The molecular weight excluding hydrogens is 284 g/mol. The Balaban J connectivity index is 3.11. The fourth-order valence-corrected chi connectivity index (χ4v) is 1.88. The van der Waals surface area contributed by atoms with Gasteiger partial charge in [-0.2, -0.15) is 4.98 Å². The van der Waals surface area contributed by atoms with Crippen LogP contribution in [-0.2, 0) is 6.42 Å². The van der Waals surface area contributed by atoms with Gasteiger partial charge >= 0.3 is 5.69 Å². The van der Waals surface area contributed by atoms with Crippen molar-refractivity contribution >= 4 is 11.5 Å². The zero-order chi connectivity index (χ0) is 16.5. The molecule has 22 heavy (non-hydrogen) atoms. The summed E-state index contributed by atoms with van der Waals surface area (Å²) in [6.45, 7) is 9.21. The van der Waals surface area contributed by atoms with E-state index in [4.69, 9.17) is 4.74 Å². The van der Waals surface area contributed by atoms with Crippen LogP contribution in [-0.4, -0.2) is 28.0 Å². The normalized spacial score (nSPS) is 10.8. The number of nitrogens with one attached hydrogen (secondary N) is 1. The number of aryl methyl sites for hydroxylation is 1. The standard InChI is InChI=1S/C15H26N4O3/c1-5-7-12-17-14(16-9-8-11(3)4)13(19(20)21)15(18-12)22-10-6-2/h11H,5-10H2,1-4H3,(H,16,17,18). The smallest absolute Gasteiger partial charge is 0.372 e. The third kappa shape index (κ3) is 5.46. The molecule has 0 fully saturated rings. The Hall–Kier alpha value is -1.92. The highest BCUT2D eigenvalue weighted by molar-refractivity contribution is 5.61. The Morgan fingerprint density at radius 3 is 2.55 bits per heavy atom. The summed E-state index contributed by atoms with van der Waals surface area (Å²) in [7, 11) is 0. The van der Waals surface area contributed by atoms with Crippen molar-refractivity contribution in [3.05, 3.63) is 15.9 Å². The first kappa shape index (κ1) is 18.1. The third-order valence-corrected chi connectivity index (χ3v) is 3.01. The Labute approximate surface area is 131 Å². The highest BCUT2D eigenvalue weighted by Gasteiger charge is 2.26. The average molecular weight is 310 g/mol. The summed E-state index contributed by atoms with van der Waals surface area (Å²) in [6, 6.07) is 0. The van der Waals surface area contributed by atoms with Crippen molar-refractivity contribution in [2.45, 2.75) is 53.4 Å². The minimum atomic E-state index is -0.474. The van der Waals surface area contributed by atoms with E-state index in [9.17, 15) is 10.1 Å². The molecule has 0 atom stereocenters. The zero-order valence-corrected chi connectivity index (χ0v) is 13.9. The van der Waals surface area contributed by atoms with E-state index in [1.54, 1.807) is 0 Å². The van der Waals surface area contributed by atoms with Gasteiger partial charge < -0.3 is 10.1 Å². The van der Waals surface area contributed by atoms with Crippen molar-refractivity contribution in [2.24, 2.45) is 5.92 Å². The molecule has 124 valence electrons. The number of anilines is 1. The summed E-state index contributed by atoms with van der Waals surface area (Å²) in [5.74, 6) is 1.41. The van der Waals surface area contributed by atoms with E-state index in [1.807, 2.05) is 13.8 Å². The number of rotatable bonds is 10. The molecule has 1 heterocycles. The SMILES string of the molecule is CCCOc1nc(CCC)nc(NCCC(C)C)c1[N+](=O)[O-]. The molecule has 1 N–H and O–H groups in total. The van der Waals surface area contributed by atoms with Crippen LogP contribution in [0.5, 0.6) is 5.88 Å². The summed E-state index contributed by atoms with van der Waals surface area (Å²) in [6.07, 6.45) is 3.21. The average Bonchev–Trinajstić information content (AvgIpc) is 2.44. The van der Waals surface area contributed by atoms with Crippen LogP contribution in [0, 0.1) is 16.0 Å². The second kappa shape index (κ2) is 9.17. The molecule has 0 bridgehead atoms. The van der Waals surface area contributed by atoms with Crippen LogP contribution in [0.1, 0.15) is 52.8 Å². The quantitative estimate of drug-likeness (QED) is 0.524. The number of nitrogens with zero attached hydrogens (tertiary/aromatic N) is 3. The lowest BCUT2D eigenvalue weighted by Crippen LogP contribution is -2.13. The van der Waals surface area contributed by atoms with E-state index in [0.717, 1.165) is 19.3 Å². The minimum Gasteiger partial charge on any atom is -0.473 e. The van der Waals surface area contributed by atoms with Crippen molar-refractivity contribution in [1.29, 1.82) is 0 Å². The molecule has 0 amide bonds. The maximum absolute atomic E-state index is 11.4. The largest absolute Gasteiger partial charge is 0.473 e. The Morgan fingerprint density at radius 1 is 1.27 bits per heavy atom. The van der Waals surface area contributed by atoms with Crippen molar-refractivity contribution in [3.63, 3.8) is 0 Å². The summed E-state index contributed by atoms with van der Waals surface area (Å²) >= 11 is 0. The van der Waals surface area contributed by atoms with Gasteiger partial charge in [-0.3, -0.25) is 10.1 Å².